The number of aliphatic hydroxyl groups excluding tert-OH is 1. The van der Waals surface area contributed by atoms with E-state index in [1.807, 2.05) is 5.38 Å². The third kappa shape index (κ3) is 4.81. The van der Waals surface area contributed by atoms with Crippen LogP contribution in [0.15, 0.2) is 24.1 Å². The molecule has 154 valence electrons. The minimum atomic E-state index is -0.602. The van der Waals surface area contributed by atoms with Crippen molar-refractivity contribution in [2.75, 3.05) is 18.4 Å². The summed E-state index contributed by atoms with van der Waals surface area (Å²) in [5.41, 5.74) is 4.27. The minimum absolute atomic E-state index is 0.411. The quantitative estimate of drug-likeness (QED) is 0.408. The lowest BCUT2D eigenvalue weighted by Gasteiger charge is -2.16. The molecule has 0 aliphatic carbocycles. The molecule has 0 bridgehead atoms. The van der Waals surface area contributed by atoms with Crippen molar-refractivity contribution >= 4 is 27.7 Å². The Kier molecular flexibility index (Phi) is 6.51. The molecular formula is C20H26N6OS2. The van der Waals surface area contributed by atoms with Gasteiger partial charge in [-0.25, -0.2) is 15.0 Å². The van der Waals surface area contributed by atoms with E-state index in [1.165, 1.54) is 16.8 Å². The Morgan fingerprint density at radius 2 is 2.10 bits per heavy atom. The molecule has 0 saturated carbocycles. The van der Waals surface area contributed by atoms with Crippen LogP contribution in [0.2, 0.25) is 0 Å². The third-order valence-electron chi connectivity index (χ3n) is 4.77. The number of nitrogens with one attached hydrogen (secondary N) is 3. The zero-order chi connectivity index (χ0) is 20.2. The van der Waals surface area contributed by atoms with E-state index >= 15 is 0 Å². The Hall–Kier alpha value is -1.91. The normalized spacial score (nSPS) is 14.8. The maximum absolute atomic E-state index is 10.5. The van der Waals surface area contributed by atoms with Gasteiger partial charge in [-0.1, -0.05) is 13.8 Å². The fourth-order valence-corrected chi connectivity index (χ4v) is 5.58. The molecule has 4 N–H and O–H groups in total. The predicted molar refractivity (Wildman–Crippen MR) is 119 cm³/mol. The number of hydrogen-bond acceptors (Lipinski definition) is 9. The summed E-state index contributed by atoms with van der Waals surface area (Å²) in [6.45, 7) is 6.81. The van der Waals surface area contributed by atoms with Crippen molar-refractivity contribution in [1.82, 2.24) is 25.6 Å². The standard InChI is InChI=1S/C20H26N6OS2/c1-12(2)24-6-4-17(27)26-20-18(14-3-5-21-9-16(14)29-20)19-25-15(10-28-19)13-7-22-11-23-8-13/h7-8,10-12,17,21,24,26-27H,3-6,9H2,1-2H3. The first kappa shape index (κ1) is 20.4. The van der Waals surface area contributed by atoms with Crippen molar-refractivity contribution in [3.8, 4) is 21.8 Å². The van der Waals surface area contributed by atoms with Gasteiger partial charge in [0.2, 0.25) is 0 Å². The molecule has 3 aromatic heterocycles. The van der Waals surface area contributed by atoms with Crippen LogP contribution in [0.5, 0.6) is 0 Å². The molecule has 29 heavy (non-hydrogen) atoms. The van der Waals surface area contributed by atoms with Gasteiger partial charge >= 0.3 is 0 Å². The van der Waals surface area contributed by atoms with Crippen LogP contribution in [0.4, 0.5) is 5.00 Å². The summed E-state index contributed by atoms with van der Waals surface area (Å²) in [6, 6.07) is 0.411. The number of nitrogens with zero attached hydrogens (tertiary/aromatic N) is 3. The van der Waals surface area contributed by atoms with Gasteiger partial charge in [-0.3, -0.25) is 0 Å². The van der Waals surface area contributed by atoms with Gasteiger partial charge in [-0.2, -0.15) is 0 Å². The highest BCUT2D eigenvalue weighted by molar-refractivity contribution is 7.18. The highest BCUT2D eigenvalue weighted by Crippen LogP contribution is 2.44. The number of hydrogen-bond donors (Lipinski definition) is 4. The minimum Gasteiger partial charge on any atom is -0.374 e. The number of anilines is 1. The summed E-state index contributed by atoms with van der Waals surface area (Å²) in [6.07, 6.45) is 6.10. The van der Waals surface area contributed by atoms with Gasteiger partial charge < -0.3 is 21.1 Å². The Labute approximate surface area is 178 Å². The van der Waals surface area contributed by atoms with E-state index in [-0.39, 0.29) is 0 Å². The average molecular weight is 431 g/mol. The molecule has 1 aliphatic rings. The third-order valence-corrected chi connectivity index (χ3v) is 6.79. The SMILES string of the molecule is CC(C)NCCC(O)Nc1sc2c(c1-c1nc(-c3cncnc3)cs1)CCNC2. The Balaban J connectivity index is 1.60. The molecule has 1 aliphatic heterocycles. The number of thiophene rings is 1. The van der Waals surface area contributed by atoms with Crippen molar-refractivity contribution in [3.05, 3.63) is 34.5 Å². The summed E-state index contributed by atoms with van der Waals surface area (Å²) < 4.78 is 0. The van der Waals surface area contributed by atoms with Gasteiger partial charge in [0.05, 0.1) is 5.69 Å². The van der Waals surface area contributed by atoms with Crippen LogP contribution in [-0.2, 0) is 13.0 Å². The highest BCUT2D eigenvalue weighted by Gasteiger charge is 2.25. The molecule has 0 spiro atoms. The molecule has 4 rings (SSSR count). The van der Waals surface area contributed by atoms with Crippen molar-refractivity contribution in [1.29, 1.82) is 0 Å². The molecule has 0 radical (unpaired) electrons. The van der Waals surface area contributed by atoms with Crippen LogP contribution >= 0.6 is 22.7 Å². The van der Waals surface area contributed by atoms with Gasteiger partial charge in [-0.15, -0.1) is 22.7 Å². The molecule has 0 fully saturated rings. The summed E-state index contributed by atoms with van der Waals surface area (Å²) in [4.78, 5) is 14.4. The van der Waals surface area contributed by atoms with Crippen molar-refractivity contribution in [2.24, 2.45) is 0 Å². The van der Waals surface area contributed by atoms with Gasteiger partial charge in [0, 0.05) is 52.8 Å². The highest BCUT2D eigenvalue weighted by atomic mass is 32.1. The fraction of sp³-hybridized carbons (Fsp3) is 0.450. The number of rotatable bonds is 8. The molecule has 3 aromatic rings. The van der Waals surface area contributed by atoms with E-state index in [9.17, 15) is 5.11 Å². The molecule has 7 nitrogen and oxygen atoms in total. The second-order valence-electron chi connectivity index (χ2n) is 7.36. The van der Waals surface area contributed by atoms with Crippen molar-refractivity contribution < 1.29 is 5.11 Å². The van der Waals surface area contributed by atoms with Crippen LogP contribution < -0.4 is 16.0 Å². The lowest BCUT2D eigenvalue weighted by atomic mass is 10.0. The monoisotopic (exact) mass is 430 g/mol. The van der Waals surface area contributed by atoms with Gasteiger partial charge in [0.15, 0.2) is 0 Å². The lowest BCUT2D eigenvalue weighted by molar-refractivity contribution is 0.192. The molecule has 0 amide bonds. The first-order chi connectivity index (χ1) is 14.1. The lowest BCUT2D eigenvalue weighted by Crippen LogP contribution is -2.29. The molecule has 4 heterocycles. The molecule has 9 heteroatoms. The first-order valence-corrected chi connectivity index (χ1v) is 11.6. The van der Waals surface area contributed by atoms with E-state index in [1.54, 1.807) is 35.1 Å². The van der Waals surface area contributed by atoms with Crippen LogP contribution in [0.3, 0.4) is 0 Å². The molecule has 0 saturated heterocycles. The molecular weight excluding hydrogens is 404 g/mol. The summed E-state index contributed by atoms with van der Waals surface area (Å²) in [5.74, 6) is 0. The number of fused-ring (bicyclic) bond motifs is 1. The van der Waals surface area contributed by atoms with E-state index in [0.29, 0.717) is 12.5 Å². The molecule has 1 atom stereocenters. The van der Waals surface area contributed by atoms with E-state index in [2.05, 4.69) is 39.8 Å². The van der Waals surface area contributed by atoms with Gasteiger partial charge in [-0.05, 0) is 25.1 Å². The van der Waals surface area contributed by atoms with Gasteiger partial charge in [0.25, 0.3) is 0 Å². The Morgan fingerprint density at radius 3 is 2.90 bits per heavy atom. The topological polar surface area (TPSA) is 95.0 Å². The first-order valence-electron chi connectivity index (χ1n) is 9.86. The molecule has 1 unspecified atom stereocenters. The van der Waals surface area contributed by atoms with Crippen LogP contribution in [0.1, 0.15) is 30.7 Å². The Bertz CT molecular complexity index is 940. The number of thiazole rings is 1. The smallest absolute Gasteiger partial charge is 0.127 e. The average Bonchev–Trinajstić information content (AvgIpc) is 3.32. The van der Waals surface area contributed by atoms with Crippen molar-refractivity contribution in [3.63, 3.8) is 0 Å². The summed E-state index contributed by atoms with van der Waals surface area (Å²) in [5, 5.41) is 24.7. The number of aliphatic hydroxyl groups is 1. The number of aromatic nitrogens is 3. The van der Waals surface area contributed by atoms with Crippen LogP contribution in [0, 0.1) is 0 Å². The molecule has 0 aromatic carbocycles. The Morgan fingerprint density at radius 1 is 1.28 bits per heavy atom. The fourth-order valence-electron chi connectivity index (χ4n) is 3.35. The summed E-state index contributed by atoms with van der Waals surface area (Å²) in [7, 11) is 0. The van der Waals surface area contributed by atoms with Crippen LogP contribution in [-0.4, -0.2) is 45.4 Å². The second-order valence-corrected chi connectivity index (χ2v) is 9.32. The van der Waals surface area contributed by atoms with Crippen molar-refractivity contribution in [2.45, 2.75) is 45.5 Å². The zero-order valence-electron chi connectivity index (χ0n) is 16.6. The van der Waals surface area contributed by atoms with E-state index in [4.69, 9.17) is 4.98 Å². The maximum atomic E-state index is 10.5. The van der Waals surface area contributed by atoms with Crippen LogP contribution in [0.25, 0.3) is 21.8 Å². The second kappa shape index (κ2) is 9.27. The maximum Gasteiger partial charge on any atom is 0.127 e. The van der Waals surface area contributed by atoms with E-state index < -0.39 is 6.23 Å². The zero-order valence-corrected chi connectivity index (χ0v) is 18.2. The van der Waals surface area contributed by atoms with E-state index in [0.717, 1.165) is 52.9 Å². The van der Waals surface area contributed by atoms with Gasteiger partial charge in [0.1, 0.15) is 22.6 Å². The largest absolute Gasteiger partial charge is 0.374 e. The predicted octanol–water partition coefficient (Wildman–Crippen LogP) is 3.09. The summed E-state index contributed by atoms with van der Waals surface area (Å²) >= 11 is 3.34.